The van der Waals surface area contributed by atoms with Gasteiger partial charge in [0.25, 0.3) is 0 Å². The van der Waals surface area contributed by atoms with Crippen LogP contribution in [0.2, 0.25) is 0 Å². The van der Waals surface area contributed by atoms with Crippen LogP contribution in [0, 0.1) is 46.8 Å². The van der Waals surface area contributed by atoms with Gasteiger partial charge in [-0.05, 0) is 61.2 Å². The average Bonchev–Trinajstić information content (AvgIpc) is 3.49. The SMILES string of the molecule is Cc1c[c-]c(-c2cc(C)c(C)cn2)cc1C.Cc1cnc2c(c1)c(-c1cc(Cc3ccccc3)ccn1)[c-]c1ccoc12.[Ir]. The summed E-state index contributed by atoms with van der Waals surface area (Å²) in [5.41, 5.74) is 14.2. The number of aromatic nitrogens is 3. The summed E-state index contributed by atoms with van der Waals surface area (Å²) in [4.78, 5) is 13.7. The summed E-state index contributed by atoms with van der Waals surface area (Å²) in [6, 6.07) is 31.8. The van der Waals surface area contributed by atoms with Gasteiger partial charge in [-0.15, -0.1) is 41.0 Å². The van der Waals surface area contributed by atoms with Gasteiger partial charge >= 0.3 is 0 Å². The van der Waals surface area contributed by atoms with Gasteiger partial charge in [-0.1, -0.05) is 90.3 Å². The zero-order valence-electron chi connectivity index (χ0n) is 25.5. The van der Waals surface area contributed by atoms with Gasteiger partial charge in [0.15, 0.2) is 0 Å². The number of pyridine rings is 3. The number of benzene rings is 3. The third kappa shape index (κ3) is 6.70. The minimum atomic E-state index is 0. The molecule has 0 aliphatic carbocycles. The fraction of sp³-hybridized carbons (Fsp3) is 0.154. The molecule has 0 aliphatic heterocycles. The standard InChI is InChI=1S/C24H17N2O.C15H16N.Ir/c1-16-11-21-20(14-19-8-10-27-24(19)23(21)26-15-16)22-13-18(7-9-25-22)12-17-5-3-2-4-6-17;1-10-5-6-14(7-11(10)2)15-8-12(3)13(4)9-16-15;/h2-11,13,15H,12H2,1H3;5,7-9H,1-4H3;/q2*-1;. The largest absolute Gasteiger partial charge is 0.506 e. The van der Waals surface area contributed by atoms with Crippen molar-refractivity contribution in [3.05, 3.63) is 149 Å². The summed E-state index contributed by atoms with van der Waals surface area (Å²) >= 11 is 0. The van der Waals surface area contributed by atoms with E-state index < -0.39 is 0 Å². The molecule has 0 fully saturated rings. The molecule has 7 rings (SSSR count). The van der Waals surface area contributed by atoms with Gasteiger partial charge in [0.1, 0.15) is 0 Å². The molecule has 0 saturated heterocycles. The van der Waals surface area contributed by atoms with E-state index >= 15 is 0 Å². The molecule has 0 unspecified atom stereocenters. The Labute approximate surface area is 272 Å². The number of aryl methyl sites for hydroxylation is 5. The first-order valence-corrected chi connectivity index (χ1v) is 14.5. The zero-order chi connectivity index (χ0) is 29.9. The van der Waals surface area contributed by atoms with Crippen molar-refractivity contribution in [1.29, 1.82) is 0 Å². The molecule has 4 nitrogen and oxygen atoms in total. The predicted molar refractivity (Wildman–Crippen MR) is 175 cm³/mol. The van der Waals surface area contributed by atoms with E-state index in [0.717, 1.165) is 56.4 Å². The van der Waals surface area contributed by atoms with E-state index in [0.29, 0.717) is 0 Å². The number of fused-ring (bicyclic) bond motifs is 3. The summed E-state index contributed by atoms with van der Waals surface area (Å²) in [5.74, 6) is 0. The van der Waals surface area contributed by atoms with Gasteiger partial charge < -0.3 is 9.40 Å². The van der Waals surface area contributed by atoms with Crippen LogP contribution in [-0.4, -0.2) is 15.0 Å². The van der Waals surface area contributed by atoms with Crippen LogP contribution in [0.1, 0.15) is 38.9 Å². The molecule has 4 heterocycles. The molecular formula is C39H33IrN3O-2. The van der Waals surface area contributed by atoms with Gasteiger partial charge in [0.2, 0.25) is 0 Å². The third-order valence-corrected chi connectivity index (χ3v) is 7.84. The molecule has 0 amide bonds. The Morgan fingerprint density at radius 2 is 1.50 bits per heavy atom. The van der Waals surface area contributed by atoms with Crippen LogP contribution in [0.3, 0.4) is 0 Å². The van der Waals surface area contributed by atoms with Crippen LogP contribution >= 0.6 is 0 Å². The van der Waals surface area contributed by atoms with E-state index in [2.05, 4.69) is 109 Å². The Kier molecular flexibility index (Phi) is 9.49. The number of nitrogens with zero attached hydrogens (tertiary/aromatic N) is 3. The third-order valence-electron chi connectivity index (χ3n) is 7.84. The first-order valence-electron chi connectivity index (χ1n) is 14.5. The second-order valence-electron chi connectivity index (χ2n) is 11.2. The number of rotatable bonds is 4. The maximum absolute atomic E-state index is 5.65. The van der Waals surface area contributed by atoms with Gasteiger partial charge in [-0.2, -0.15) is 0 Å². The quantitative estimate of drug-likeness (QED) is 0.168. The van der Waals surface area contributed by atoms with Gasteiger partial charge in [0, 0.05) is 56.2 Å². The van der Waals surface area contributed by atoms with E-state index in [1.165, 1.54) is 33.4 Å². The van der Waals surface area contributed by atoms with Crippen LogP contribution < -0.4 is 0 Å². The van der Waals surface area contributed by atoms with E-state index in [1.807, 2.05) is 43.7 Å². The Bertz CT molecular complexity index is 2010. The summed E-state index contributed by atoms with van der Waals surface area (Å²) in [6.07, 6.45) is 8.22. The molecule has 44 heavy (non-hydrogen) atoms. The molecule has 0 aliphatic rings. The normalized spacial score (nSPS) is 10.8. The second-order valence-corrected chi connectivity index (χ2v) is 11.2. The smallest absolute Gasteiger partial charge is 0.0847 e. The van der Waals surface area contributed by atoms with Crippen LogP contribution in [0.25, 0.3) is 44.4 Å². The number of furan rings is 1. The molecular weight excluding hydrogens is 719 g/mol. The number of hydrogen-bond donors (Lipinski definition) is 0. The van der Waals surface area contributed by atoms with Crippen molar-refractivity contribution in [2.75, 3.05) is 0 Å². The van der Waals surface area contributed by atoms with Crippen LogP contribution in [0.15, 0.2) is 102 Å². The Balaban J connectivity index is 0.000000194. The molecule has 0 N–H and O–H groups in total. The first kappa shape index (κ1) is 31.0. The maximum atomic E-state index is 5.65. The van der Waals surface area contributed by atoms with Crippen LogP contribution in [0.4, 0.5) is 0 Å². The molecule has 221 valence electrons. The van der Waals surface area contributed by atoms with E-state index in [-0.39, 0.29) is 20.1 Å². The maximum Gasteiger partial charge on any atom is 0.0847 e. The molecule has 3 aromatic carbocycles. The minimum absolute atomic E-state index is 0. The summed E-state index contributed by atoms with van der Waals surface area (Å²) in [6.45, 7) is 10.5. The summed E-state index contributed by atoms with van der Waals surface area (Å²) in [5, 5.41) is 1.94. The topological polar surface area (TPSA) is 51.8 Å². The summed E-state index contributed by atoms with van der Waals surface area (Å²) in [7, 11) is 0. The van der Waals surface area contributed by atoms with Crippen molar-refractivity contribution in [1.82, 2.24) is 15.0 Å². The van der Waals surface area contributed by atoms with Gasteiger partial charge in [-0.3, -0.25) is 9.97 Å². The molecule has 0 saturated carbocycles. The summed E-state index contributed by atoms with van der Waals surface area (Å²) < 4.78 is 5.65. The predicted octanol–water partition coefficient (Wildman–Crippen LogP) is 9.52. The molecule has 1 radical (unpaired) electrons. The Morgan fingerprint density at radius 1 is 0.705 bits per heavy atom. The van der Waals surface area contributed by atoms with Crippen molar-refractivity contribution in [2.24, 2.45) is 0 Å². The van der Waals surface area contributed by atoms with Crippen LogP contribution in [-0.2, 0) is 26.5 Å². The molecule has 4 aromatic heterocycles. The fourth-order valence-corrected chi connectivity index (χ4v) is 5.08. The van der Waals surface area contributed by atoms with Crippen molar-refractivity contribution < 1.29 is 24.5 Å². The van der Waals surface area contributed by atoms with Gasteiger partial charge in [0.05, 0.1) is 5.58 Å². The monoisotopic (exact) mass is 752 g/mol. The van der Waals surface area contributed by atoms with Crippen molar-refractivity contribution >= 4 is 21.9 Å². The van der Waals surface area contributed by atoms with Crippen molar-refractivity contribution in [3.8, 4) is 22.5 Å². The first-order chi connectivity index (χ1) is 20.9. The molecule has 7 aromatic rings. The zero-order valence-corrected chi connectivity index (χ0v) is 27.9. The molecule has 0 atom stereocenters. The average molecular weight is 752 g/mol. The van der Waals surface area contributed by atoms with Gasteiger partial charge in [-0.25, -0.2) is 0 Å². The number of hydrogen-bond acceptors (Lipinski definition) is 4. The Hall–Kier alpha value is -4.44. The van der Waals surface area contributed by atoms with Crippen molar-refractivity contribution in [2.45, 2.75) is 41.0 Å². The Morgan fingerprint density at radius 3 is 2.27 bits per heavy atom. The van der Waals surface area contributed by atoms with Crippen molar-refractivity contribution in [3.63, 3.8) is 0 Å². The fourth-order valence-electron chi connectivity index (χ4n) is 5.08. The second kappa shape index (κ2) is 13.5. The van der Waals surface area contributed by atoms with Crippen LogP contribution in [0.5, 0.6) is 0 Å². The molecule has 0 bridgehead atoms. The molecule has 5 heteroatoms. The van der Waals surface area contributed by atoms with E-state index in [9.17, 15) is 0 Å². The van der Waals surface area contributed by atoms with E-state index in [4.69, 9.17) is 4.42 Å². The molecule has 0 spiro atoms. The van der Waals surface area contributed by atoms with E-state index in [1.54, 1.807) is 6.26 Å². The minimum Gasteiger partial charge on any atom is -0.506 e.